The molecule has 0 fully saturated rings. The van der Waals surface area contributed by atoms with Crippen molar-refractivity contribution in [2.45, 2.75) is 13.3 Å². The number of para-hydroxylation sites is 2. The van der Waals surface area contributed by atoms with Gasteiger partial charge >= 0.3 is 0 Å². The molecule has 5 rings (SSSR count). The number of nitrogens with one attached hydrogen (secondary N) is 1. The zero-order chi connectivity index (χ0) is 20.7. The van der Waals surface area contributed by atoms with Crippen LogP contribution in [0.4, 0.5) is 11.4 Å². The van der Waals surface area contributed by atoms with E-state index < -0.39 is 0 Å². The van der Waals surface area contributed by atoms with Crippen LogP contribution in [0.1, 0.15) is 22.8 Å². The van der Waals surface area contributed by atoms with Crippen LogP contribution in [0.15, 0.2) is 67.1 Å². The summed E-state index contributed by atoms with van der Waals surface area (Å²) in [6.07, 6.45) is 4.12. The number of hydrogen-bond acceptors (Lipinski definition) is 4. The quantitative estimate of drug-likeness (QED) is 0.573. The van der Waals surface area contributed by atoms with Crippen molar-refractivity contribution < 1.29 is 9.59 Å². The van der Waals surface area contributed by atoms with Crippen molar-refractivity contribution in [3.63, 3.8) is 0 Å². The minimum atomic E-state index is -0.207. The van der Waals surface area contributed by atoms with E-state index in [0.29, 0.717) is 17.8 Å². The number of fused-ring (bicyclic) bond motifs is 2. The summed E-state index contributed by atoms with van der Waals surface area (Å²) in [6, 6.07) is 16.9. The number of benzene rings is 2. The highest BCUT2D eigenvalue weighted by Crippen LogP contribution is 2.29. The molecule has 0 atom stereocenters. The molecule has 148 valence electrons. The van der Waals surface area contributed by atoms with Gasteiger partial charge in [0.2, 0.25) is 5.91 Å². The Morgan fingerprint density at radius 2 is 1.90 bits per heavy atom. The first-order chi connectivity index (χ1) is 14.6. The molecule has 0 saturated carbocycles. The average Bonchev–Trinajstić information content (AvgIpc) is 3.38. The number of hydrogen-bond donors (Lipinski definition) is 1. The largest absolute Gasteiger partial charge is 0.321 e. The van der Waals surface area contributed by atoms with Gasteiger partial charge < -0.3 is 10.2 Å². The molecule has 7 heteroatoms. The van der Waals surface area contributed by atoms with Gasteiger partial charge in [0, 0.05) is 24.7 Å². The summed E-state index contributed by atoms with van der Waals surface area (Å²) in [4.78, 5) is 35.0. The topological polar surface area (TPSA) is 80.1 Å². The van der Waals surface area contributed by atoms with Gasteiger partial charge in [-0.1, -0.05) is 12.1 Å². The molecule has 1 N–H and O–H groups in total. The van der Waals surface area contributed by atoms with Crippen molar-refractivity contribution in [3.05, 3.63) is 78.2 Å². The summed E-state index contributed by atoms with van der Waals surface area (Å²) in [5.74, 6) is 0.535. The van der Waals surface area contributed by atoms with E-state index in [9.17, 15) is 9.59 Å². The number of pyridine rings is 1. The Morgan fingerprint density at radius 3 is 2.70 bits per heavy atom. The first kappa shape index (κ1) is 18.1. The van der Waals surface area contributed by atoms with Gasteiger partial charge in [0.1, 0.15) is 12.1 Å². The van der Waals surface area contributed by atoms with Crippen LogP contribution in [0.2, 0.25) is 0 Å². The number of carbonyl (C=O) groups excluding carboxylic acids is 2. The molecule has 0 radical (unpaired) electrons. The Kier molecular flexibility index (Phi) is 4.28. The SMILES string of the molecule is CC(=O)N1CCc2cc(C(=O)Nc3ccc(-n4cnc5ccccc54)nc3)ccc21. The van der Waals surface area contributed by atoms with Gasteiger partial charge in [-0.05, 0) is 54.4 Å². The van der Waals surface area contributed by atoms with Gasteiger partial charge in [-0.25, -0.2) is 9.97 Å². The number of carbonyl (C=O) groups is 2. The van der Waals surface area contributed by atoms with Gasteiger partial charge in [-0.2, -0.15) is 0 Å². The number of rotatable bonds is 3. The first-order valence-electron chi connectivity index (χ1n) is 9.71. The maximum absolute atomic E-state index is 12.7. The van der Waals surface area contributed by atoms with Crippen molar-refractivity contribution >= 4 is 34.2 Å². The van der Waals surface area contributed by atoms with Crippen LogP contribution in [0.3, 0.4) is 0 Å². The number of nitrogens with zero attached hydrogens (tertiary/aromatic N) is 4. The highest BCUT2D eigenvalue weighted by atomic mass is 16.2. The molecule has 4 aromatic rings. The zero-order valence-corrected chi connectivity index (χ0v) is 16.4. The molecule has 0 unspecified atom stereocenters. The maximum atomic E-state index is 12.7. The van der Waals surface area contributed by atoms with E-state index in [4.69, 9.17) is 0 Å². The molecular weight excluding hydrogens is 378 g/mol. The third-order valence-corrected chi connectivity index (χ3v) is 5.32. The monoisotopic (exact) mass is 397 g/mol. The van der Waals surface area contributed by atoms with E-state index in [-0.39, 0.29) is 11.8 Å². The average molecular weight is 397 g/mol. The molecule has 30 heavy (non-hydrogen) atoms. The first-order valence-corrected chi connectivity index (χ1v) is 9.71. The Labute approximate surface area is 173 Å². The molecule has 2 aromatic carbocycles. The molecule has 1 aliphatic heterocycles. The lowest BCUT2D eigenvalue weighted by molar-refractivity contribution is -0.116. The fraction of sp³-hybridized carbons (Fsp3) is 0.130. The van der Waals surface area contributed by atoms with Crippen molar-refractivity contribution in [1.29, 1.82) is 0 Å². The van der Waals surface area contributed by atoms with Crippen molar-refractivity contribution in [1.82, 2.24) is 14.5 Å². The van der Waals surface area contributed by atoms with Gasteiger partial charge in [0.05, 0.1) is 22.9 Å². The Balaban J connectivity index is 1.34. The molecule has 0 saturated heterocycles. The number of aromatic nitrogens is 3. The van der Waals surface area contributed by atoms with Gasteiger partial charge in [0.15, 0.2) is 0 Å². The highest BCUT2D eigenvalue weighted by Gasteiger charge is 2.23. The molecule has 2 aromatic heterocycles. The maximum Gasteiger partial charge on any atom is 0.255 e. The predicted octanol–water partition coefficient (Wildman–Crippen LogP) is 3.58. The molecule has 3 heterocycles. The van der Waals surface area contributed by atoms with E-state index in [1.54, 1.807) is 30.4 Å². The second-order valence-corrected chi connectivity index (χ2v) is 7.23. The van der Waals surface area contributed by atoms with E-state index in [2.05, 4.69) is 15.3 Å². The molecule has 2 amide bonds. The van der Waals surface area contributed by atoms with Gasteiger partial charge in [-0.3, -0.25) is 14.2 Å². The van der Waals surface area contributed by atoms with Crippen LogP contribution < -0.4 is 10.2 Å². The predicted molar refractivity (Wildman–Crippen MR) is 115 cm³/mol. The Bertz CT molecular complexity index is 1280. The zero-order valence-electron chi connectivity index (χ0n) is 16.4. The van der Waals surface area contributed by atoms with E-state index in [1.165, 1.54) is 0 Å². The van der Waals surface area contributed by atoms with Crippen LogP contribution in [0.5, 0.6) is 0 Å². The minimum absolute atomic E-state index is 0.0165. The standard InChI is InChI=1S/C23H19N5O2/c1-15(29)27-11-10-16-12-17(6-8-20(16)27)23(30)26-18-7-9-22(24-13-18)28-14-25-19-4-2-3-5-21(19)28/h2-9,12-14H,10-11H2,1H3,(H,26,30). The van der Waals surface area contributed by atoms with Crippen molar-refractivity contribution in [2.24, 2.45) is 0 Å². The summed E-state index contributed by atoms with van der Waals surface area (Å²) in [5.41, 5.74) is 4.94. The lowest BCUT2D eigenvalue weighted by Gasteiger charge is -2.14. The highest BCUT2D eigenvalue weighted by molar-refractivity contribution is 6.05. The molecule has 0 spiro atoms. The normalized spacial score (nSPS) is 12.8. The summed E-state index contributed by atoms with van der Waals surface area (Å²) in [6.45, 7) is 2.21. The Morgan fingerprint density at radius 1 is 1.03 bits per heavy atom. The summed E-state index contributed by atoms with van der Waals surface area (Å²) >= 11 is 0. The molecular formula is C23H19N5O2. The second-order valence-electron chi connectivity index (χ2n) is 7.23. The molecule has 0 bridgehead atoms. The van der Waals surface area contributed by atoms with E-state index in [0.717, 1.165) is 34.5 Å². The van der Waals surface area contributed by atoms with E-state index >= 15 is 0 Å². The smallest absolute Gasteiger partial charge is 0.255 e. The lowest BCUT2D eigenvalue weighted by atomic mass is 10.1. The van der Waals surface area contributed by atoms with Gasteiger partial charge in [0.25, 0.3) is 5.91 Å². The summed E-state index contributed by atoms with van der Waals surface area (Å²) < 4.78 is 1.90. The van der Waals surface area contributed by atoms with Crippen LogP contribution in [0, 0.1) is 0 Å². The summed E-state index contributed by atoms with van der Waals surface area (Å²) in [7, 11) is 0. The number of imidazole rings is 1. The van der Waals surface area contributed by atoms with Crippen LogP contribution in [-0.4, -0.2) is 32.9 Å². The molecule has 7 nitrogen and oxygen atoms in total. The fourth-order valence-corrected chi connectivity index (χ4v) is 3.82. The van der Waals surface area contributed by atoms with E-state index in [1.807, 2.05) is 53.1 Å². The number of anilines is 2. The third kappa shape index (κ3) is 3.10. The summed E-state index contributed by atoms with van der Waals surface area (Å²) in [5, 5.41) is 2.89. The third-order valence-electron chi connectivity index (χ3n) is 5.32. The van der Waals surface area contributed by atoms with Crippen molar-refractivity contribution in [2.75, 3.05) is 16.8 Å². The van der Waals surface area contributed by atoms with Gasteiger partial charge in [-0.15, -0.1) is 0 Å². The van der Waals surface area contributed by atoms with Crippen LogP contribution >= 0.6 is 0 Å². The second kappa shape index (κ2) is 7.11. The minimum Gasteiger partial charge on any atom is -0.321 e. The van der Waals surface area contributed by atoms with Crippen LogP contribution in [-0.2, 0) is 11.2 Å². The molecule has 1 aliphatic rings. The molecule has 0 aliphatic carbocycles. The lowest BCUT2D eigenvalue weighted by Crippen LogP contribution is -2.25. The van der Waals surface area contributed by atoms with Crippen LogP contribution in [0.25, 0.3) is 16.9 Å². The number of amides is 2. The fourth-order valence-electron chi connectivity index (χ4n) is 3.82. The van der Waals surface area contributed by atoms with Crippen molar-refractivity contribution in [3.8, 4) is 5.82 Å². The Hall–Kier alpha value is -4.00.